The van der Waals surface area contributed by atoms with Crippen molar-refractivity contribution in [2.24, 2.45) is 0 Å². The smallest absolute Gasteiger partial charge is 0.251 e. The number of carbonyl (C=O) groups is 1. The van der Waals surface area contributed by atoms with Gasteiger partial charge in [-0.25, -0.2) is 0 Å². The summed E-state index contributed by atoms with van der Waals surface area (Å²) in [5, 5.41) is 20.6. The lowest BCUT2D eigenvalue weighted by molar-refractivity contribution is 0.0936. The van der Waals surface area contributed by atoms with E-state index in [1.54, 1.807) is 24.3 Å². The number of hydrogen-bond acceptors (Lipinski definition) is 4. The van der Waals surface area contributed by atoms with Gasteiger partial charge in [0.2, 0.25) is 0 Å². The van der Waals surface area contributed by atoms with E-state index in [0.29, 0.717) is 11.1 Å². The Bertz CT molecular complexity index is 435. The van der Waals surface area contributed by atoms with Crippen LogP contribution in [-0.2, 0) is 0 Å². The number of aliphatic hydroxyl groups is 1. The zero-order valence-corrected chi connectivity index (χ0v) is 11.2. The fraction of sp³-hybridized carbons (Fsp3) is 0.385. The molecule has 2 unspecified atom stereocenters. The van der Waals surface area contributed by atoms with Gasteiger partial charge in [-0.1, -0.05) is 0 Å². The molecule has 1 amide bonds. The monoisotopic (exact) mass is 264 g/mol. The number of nitriles is 1. The molecule has 0 aliphatic carbocycles. The molecule has 0 radical (unpaired) electrons. The zero-order valence-electron chi connectivity index (χ0n) is 10.4. The summed E-state index contributed by atoms with van der Waals surface area (Å²) >= 11 is 1.51. The van der Waals surface area contributed by atoms with Gasteiger partial charge in [0.15, 0.2) is 0 Å². The number of benzene rings is 1. The Morgan fingerprint density at radius 3 is 2.56 bits per heavy atom. The lowest BCUT2D eigenvalue weighted by Gasteiger charge is -2.21. The molecule has 2 N–H and O–H groups in total. The molecule has 4 nitrogen and oxygen atoms in total. The first-order chi connectivity index (χ1) is 8.62. The molecule has 96 valence electrons. The number of carbonyl (C=O) groups excluding carboxylic acids is 1. The van der Waals surface area contributed by atoms with Crippen LogP contribution >= 0.6 is 11.8 Å². The van der Waals surface area contributed by atoms with Gasteiger partial charge in [-0.15, -0.1) is 0 Å². The third-order valence-electron chi connectivity index (χ3n) is 2.68. The van der Waals surface area contributed by atoms with Crippen LogP contribution in [0, 0.1) is 11.3 Å². The average molecular weight is 264 g/mol. The molecule has 0 heterocycles. The maximum absolute atomic E-state index is 11.9. The van der Waals surface area contributed by atoms with Crippen LogP contribution in [0.5, 0.6) is 0 Å². The van der Waals surface area contributed by atoms with E-state index >= 15 is 0 Å². The molecule has 2 atom stereocenters. The second-order valence-electron chi connectivity index (χ2n) is 3.91. The molecule has 1 aromatic rings. The van der Waals surface area contributed by atoms with Gasteiger partial charge in [0.05, 0.1) is 18.2 Å². The van der Waals surface area contributed by atoms with Crippen LogP contribution in [0.3, 0.4) is 0 Å². The van der Waals surface area contributed by atoms with E-state index in [9.17, 15) is 4.79 Å². The minimum absolute atomic E-state index is 0.0210. The molecule has 18 heavy (non-hydrogen) atoms. The highest BCUT2D eigenvalue weighted by atomic mass is 32.2. The van der Waals surface area contributed by atoms with E-state index < -0.39 is 0 Å². The van der Waals surface area contributed by atoms with E-state index in [1.165, 1.54) is 11.8 Å². The van der Waals surface area contributed by atoms with Crippen LogP contribution in [0.25, 0.3) is 0 Å². The second-order valence-corrected chi connectivity index (χ2v) is 4.98. The topological polar surface area (TPSA) is 73.1 Å². The lowest BCUT2D eigenvalue weighted by Crippen LogP contribution is -2.41. The van der Waals surface area contributed by atoms with Crippen LogP contribution in [0.2, 0.25) is 0 Å². The van der Waals surface area contributed by atoms with Gasteiger partial charge in [0, 0.05) is 16.9 Å². The predicted octanol–water partition coefficient (Wildman–Crippen LogP) is 1.40. The number of nitrogens with one attached hydrogen (secondary N) is 1. The van der Waals surface area contributed by atoms with Crippen LogP contribution in [0.1, 0.15) is 22.8 Å². The number of amides is 1. The number of thioether (sulfide) groups is 1. The van der Waals surface area contributed by atoms with Gasteiger partial charge in [-0.05, 0) is 37.4 Å². The summed E-state index contributed by atoms with van der Waals surface area (Å²) in [5.74, 6) is -0.195. The third kappa shape index (κ3) is 3.76. The standard InChI is InChI=1S/C13H16N2O2S/c1-9(12(8-16)18-2)15-13(17)11-5-3-10(7-14)4-6-11/h3-6,9,12,16H,8H2,1-2H3,(H,15,17). The normalized spacial score (nSPS) is 13.4. The van der Waals surface area contributed by atoms with Gasteiger partial charge in [0.1, 0.15) is 0 Å². The molecule has 1 rings (SSSR count). The molecule has 0 bridgehead atoms. The molecule has 5 heteroatoms. The Morgan fingerprint density at radius 1 is 1.50 bits per heavy atom. The lowest BCUT2D eigenvalue weighted by atomic mass is 10.1. The highest BCUT2D eigenvalue weighted by molar-refractivity contribution is 7.99. The fourth-order valence-corrected chi connectivity index (χ4v) is 2.14. The maximum Gasteiger partial charge on any atom is 0.251 e. The number of nitrogens with zero attached hydrogens (tertiary/aromatic N) is 1. The largest absolute Gasteiger partial charge is 0.395 e. The summed E-state index contributed by atoms with van der Waals surface area (Å²) in [6.07, 6.45) is 1.89. The van der Waals surface area contributed by atoms with Crippen molar-refractivity contribution in [2.75, 3.05) is 12.9 Å². The fourth-order valence-electron chi connectivity index (χ4n) is 1.52. The van der Waals surface area contributed by atoms with Crippen LogP contribution in [0.4, 0.5) is 0 Å². The molecule has 0 aromatic heterocycles. The Hall–Kier alpha value is -1.51. The SMILES string of the molecule is CSC(CO)C(C)NC(=O)c1ccc(C#N)cc1. The minimum atomic E-state index is -0.195. The van der Waals surface area contributed by atoms with Crippen molar-refractivity contribution >= 4 is 17.7 Å². The van der Waals surface area contributed by atoms with Gasteiger partial charge in [0.25, 0.3) is 5.91 Å². The average Bonchev–Trinajstić information content (AvgIpc) is 2.40. The first kappa shape index (κ1) is 14.6. The van der Waals surface area contributed by atoms with Crippen LogP contribution in [0.15, 0.2) is 24.3 Å². The van der Waals surface area contributed by atoms with E-state index in [-0.39, 0.29) is 23.8 Å². The number of rotatable bonds is 5. The molecule has 0 aliphatic rings. The van der Waals surface area contributed by atoms with Crippen LogP contribution in [-0.4, -0.2) is 35.2 Å². The first-order valence-corrected chi connectivity index (χ1v) is 6.85. The summed E-state index contributed by atoms with van der Waals surface area (Å²) in [7, 11) is 0. The summed E-state index contributed by atoms with van der Waals surface area (Å²) in [6.45, 7) is 1.88. The van der Waals surface area contributed by atoms with E-state index in [0.717, 1.165) is 0 Å². The quantitative estimate of drug-likeness (QED) is 0.843. The van der Waals surface area contributed by atoms with Crippen LogP contribution < -0.4 is 5.32 Å². The molecular weight excluding hydrogens is 248 g/mol. The Morgan fingerprint density at radius 2 is 2.11 bits per heavy atom. The van der Waals surface area contributed by atoms with Crippen molar-refractivity contribution in [1.82, 2.24) is 5.32 Å². The predicted molar refractivity (Wildman–Crippen MR) is 72.5 cm³/mol. The maximum atomic E-state index is 11.9. The minimum Gasteiger partial charge on any atom is -0.395 e. The van der Waals surface area contributed by atoms with E-state index in [4.69, 9.17) is 10.4 Å². The van der Waals surface area contributed by atoms with Crippen molar-refractivity contribution in [1.29, 1.82) is 5.26 Å². The first-order valence-electron chi connectivity index (χ1n) is 5.57. The summed E-state index contributed by atoms with van der Waals surface area (Å²) < 4.78 is 0. The molecule has 0 saturated heterocycles. The van der Waals surface area contributed by atoms with Gasteiger partial charge >= 0.3 is 0 Å². The highest BCUT2D eigenvalue weighted by Gasteiger charge is 2.17. The number of aliphatic hydroxyl groups excluding tert-OH is 1. The number of hydrogen-bond donors (Lipinski definition) is 2. The zero-order chi connectivity index (χ0) is 13.5. The molecule has 0 saturated carbocycles. The highest BCUT2D eigenvalue weighted by Crippen LogP contribution is 2.11. The van der Waals surface area contributed by atoms with Crippen molar-refractivity contribution in [3.8, 4) is 6.07 Å². The third-order valence-corrected chi connectivity index (χ3v) is 3.84. The van der Waals surface area contributed by atoms with Crippen molar-refractivity contribution in [3.63, 3.8) is 0 Å². The second kappa shape index (κ2) is 7.04. The molecular formula is C13H16N2O2S. The van der Waals surface area contributed by atoms with Gasteiger partial charge in [-0.3, -0.25) is 4.79 Å². The summed E-state index contributed by atoms with van der Waals surface area (Å²) in [5.41, 5.74) is 1.04. The molecule has 1 aromatic carbocycles. The Balaban J connectivity index is 2.67. The van der Waals surface area contributed by atoms with Crippen molar-refractivity contribution < 1.29 is 9.90 Å². The van der Waals surface area contributed by atoms with Crippen molar-refractivity contribution in [2.45, 2.75) is 18.2 Å². The molecule has 0 aliphatic heterocycles. The Kier molecular flexibility index (Phi) is 5.69. The van der Waals surface area contributed by atoms with Gasteiger partial charge < -0.3 is 10.4 Å². The van der Waals surface area contributed by atoms with E-state index in [2.05, 4.69) is 5.32 Å². The Labute approximate surface area is 111 Å². The molecule has 0 fully saturated rings. The summed E-state index contributed by atoms with van der Waals surface area (Å²) in [6, 6.07) is 8.34. The summed E-state index contributed by atoms with van der Waals surface area (Å²) in [4.78, 5) is 11.9. The van der Waals surface area contributed by atoms with Gasteiger partial charge in [-0.2, -0.15) is 17.0 Å². The molecule has 0 spiro atoms. The van der Waals surface area contributed by atoms with E-state index in [1.807, 2.05) is 19.2 Å². The van der Waals surface area contributed by atoms with Crippen molar-refractivity contribution in [3.05, 3.63) is 35.4 Å².